The van der Waals surface area contributed by atoms with E-state index in [1.54, 1.807) is 5.51 Å². The van der Waals surface area contributed by atoms with Crippen molar-refractivity contribution < 1.29 is 4.79 Å². The largest absolute Gasteiger partial charge is 0.357 e. The second kappa shape index (κ2) is 10.6. The highest BCUT2D eigenvalue weighted by Crippen LogP contribution is 2.20. The minimum Gasteiger partial charge on any atom is -0.357 e. The maximum absolute atomic E-state index is 12.1. The van der Waals surface area contributed by atoms with Gasteiger partial charge in [-0.05, 0) is 53.6 Å². The molecule has 27 heavy (non-hydrogen) atoms. The van der Waals surface area contributed by atoms with Gasteiger partial charge in [-0.2, -0.15) is 0 Å². The lowest BCUT2D eigenvalue weighted by molar-refractivity contribution is 0.0957. The number of carbonyl (C=O) groups excluding carboxylic acids is 1. The zero-order valence-corrected chi connectivity index (χ0v) is 17.9. The lowest BCUT2D eigenvalue weighted by atomic mass is 9.99. The van der Waals surface area contributed by atoms with E-state index in [-0.39, 0.29) is 11.4 Å². The van der Waals surface area contributed by atoms with Crippen LogP contribution in [0.15, 0.2) is 10.5 Å². The number of nitrogens with zero attached hydrogens (tertiary/aromatic N) is 3. The third-order valence-corrected chi connectivity index (χ3v) is 5.76. The Balaban J connectivity index is 1.79. The van der Waals surface area contributed by atoms with E-state index < -0.39 is 0 Å². The minimum absolute atomic E-state index is 0.0562. The third kappa shape index (κ3) is 6.77. The first-order chi connectivity index (χ1) is 12.9. The zero-order valence-electron chi connectivity index (χ0n) is 17.1. The Morgan fingerprint density at radius 2 is 1.93 bits per heavy atom. The highest BCUT2D eigenvalue weighted by Gasteiger charge is 2.27. The van der Waals surface area contributed by atoms with Crippen LogP contribution < -0.4 is 16.0 Å². The Bertz CT molecular complexity index is 621. The summed E-state index contributed by atoms with van der Waals surface area (Å²) in [6.07, 6.45) is 3.90. The molecule has 0 unspecified atom stereocenters. The van der Waals surface area contributed by atoms with E-state index >= 15 is 0 Å². The molecule has 1 fully saturated rings. The fourth-order valence-electron chi connectivity index (χ4n) is 3.17. The van der Waals surface area contributed by atoms with Crippen molar-refractivity contribution in [2.75, 3.05) is 39.3 Å². The van der Waals surface area contributed by atoms with Gasteiger partial charge in [0.05, 0.1) is 17.7 Å². The summed E-state index contributed by atoms with van der Waals surface area (Å²) < 4.78 is 0. The van der Waals surface area contributed by atoms with Gasteiger partial charge in [0, 0.05) is 25.2 Å². The Labute approximate surface area is 167 Å². The molecule has 0 aliphatic carbocycles. The van der Waals surface area contributed by atoms with E-state index in [2.05, 4.69) is 46.6 Å². The van der Waals surface area contributed by atoms with Gasteiger partial charge in [0.25, 0.3) is 5.91 Å². The summed E-state index contributed by atoms with van der Waals surface area (Å²) >= 11 is 1.37. The SMILES string of the molecule is CCNC(=NCC(C)(C)N1CCCCC1)NCCNC(=O)c1scnc1C. The lowest BCUT2D eigenvalue weighted by Crippen LogP contribution is -2.50. The number of hydrogen-bond donors (Lipinski definition) is 3. The molecule has 0 atom stereocenters. The molecule has 3 N–H and O–H groups in total. The fourth-order valence-corrected chi connectivity index (χ4v) is 3.89. The molecule has 1 aliphatic heterocycles. The van der Waals surface area contributed by atoms with Gasteiger partial charge in [-0.1, -0.05) is 6.42 Å². The van der Waals surface area contributed by atoms with E-state index in [9.17, 15) is 4.79 Å². The molecule has 0 bridgehead atoms. The summed E-state index contributed by atoms with van der Waals surface area (Å²) in [7, 11) is 0. The topological polar surface area (TPSA) is 81.7 Å². The average Bonchev–Trinajstić information content (AvgIpc) is 3.09. The maximum atomic E-state index is 12.1. The van der Waals surface area contributed by atoms with Gasteiger partial charge >= 0.3 is 0 Å². The van der Waals surface area contributed by atoms with Crippen molar-refractivity contribution in [3.63, 3.8) is 0 Å². The summed E-state index contributed by atoms with van der Waals surface area (Å²) in [5.74, 6) is 0.732. The minimum atomic E-state index is -0.0648. The van der Waals surface area contributed by atoms with E-state index in [0.29, 0.717) is 18.0 Å². The molecule has 7 nitrogen and oxygen atoms in total. The van der Waals surface area contributed by atoms with Crippen LogP contribution in [0.1, 0.15) is 55.4 Å². The van der Waals surface area contributed by atoms with Crippen LogP contribution in [-0.2, 0) is 0 Å². The van der Waals surface area contributed by atoms with Crippen LogP contribution in [0.4, 0.5) is 0 Å². The van der Waals surface area contributed by atoms with E-state index in [4.69, 9.17) is 4.99 Å². The average molecular weight is 395 g/mol. The van der Waals surface area contributed by atoms with E-state index in [1.165, 1.54) is 30.6 Å². The third-order valence-electron chi connectivity index (χ3n) is 4.84. The van der Waals surface area contributed by atoms with Crippen LogP contribution in [0, 0.1) is 6.92 Å². The van der Waals surface area contributed by atoms with Gasteiger partial charge < -0.3 is 16.0 Å². The molecule has 2 heterocycles. The number of piperidine rings is 1. The number of aliphatic imine (C=N–C) groups is 1. The van der Waals surface area contributed by atoms with Gasteiger partial charge in [0.15, 0.2) is 5.96 Å². The summed E-state index contributed by atoms with van der Waals surface area (Å²) in [6, 6.07) is 0. The fraction of sp³-hybridized carbons (Fsp3) is 0.737. The molecule has 152 valence electrons. The molecule has 1 saturated heterocycles. The van der Waals surface area contributed by atoms with Gasteiger partial charge in [-0.15, -0.1) is 11.3 Å². The first-order valence-corrected chi connectivity index (χ1v) is 10.8. The van der Waals surface area contributed by atoms with Crippen LogP contribution in [0.5, 0.6) is 0 Å². The molecule has 1 amide bonds. The number of guanidine groups is 1. The monoisotopic (exact) mass is 394 g/mol. The first kappa shape index (κ1) is 21.6. The van der Waals surface area contributed by atoms with E-state index in [1.807, 2.05) is 6.92 Å². The quantitative estimate of drug-likeness (QED) is 0.357. The second-order valence-corrected chi connectivity index (χ2v) is 8.36. The number of carbonyl (C=O) groups is 1. The van der Waals surface area contributed by atoms with E-state index in [0.717, 1.165) is 37.8 Å². The standard InChI is InChI=1S/C19H34N6OS/c1-5-20-18(23-13-19(3,4)25-11-7-6-8-12-25)22-10-9-21-17(26)16-15(2)24-14-27-16/h14H,5-13H2,1-4H3,(H,21,26)(H2,20,22,23). The maximum Gasteiger partial charge on any atom is 0.263 e. The van der Waals surface area contributed by atoms with Gasteiger partial charge in [-0.25, -0.2) is 4.98 Å². The Morgan fingerprint density at radius 1 is 1.22 bits per heavy atom. The van der Waals surface area contributed by atoms with Crippen LogP contribution >= 0.6 is 11.3 Å². The Hall–Kier alpha value is -1.67. The van der Waals surface area contributed by atoms with Crippen molar-refractivity contribution in [2.45, 2.75) is 52.5 Å². The molecular formula is C19H34N6OS. The highest BCUT2D eigenvalue weighted by molar-refractivity contribution is 7.11. The number of thiazole rings is 1. The molecule has 8 heteroatoms. The number of rotatable bonds is 8. The number of aryl methyl sites for hydroxylation is 1. The molecular weight excluding hydrogens is 360 g/mol. The Kier molecular flexibility index (Phi) is 8.50. The summed E-state index contributed by atoms with van der Waals surface area (Å²) in [6.45, 7) is 13.5. The van der Waals surface area contributed by atoms with Crippen molar-refractivity contribution in [1.29, 1.82) is 0 Å². The molecule has 1 aromatic heterocycles. The molecule has 0 saturated carbocycles. The highest BCUT2D eigenvalue weighted by atomic mass is 32.1. The molecule has 2 rings (SSSR count). The predicted molar refractivity (Wildman–Crippen MR) is 113 cm³/mol. The number of likely N-dealkylation sites (tertiary alicyclic amines) is 1. The van der Waals surface area contributed by atoms with Crippen molar-refractivity contribution in [1.82, 2.24) is 25.8 Å². The van der Waals surface area contributed by atoms with Crippen molar-refractivity contribution in [3.05, 3.63) is 16.1 Å². The van der Waals surface area contributed by atoms with Crippen LogP contribution in [0.25, 0.3) is 0 Å². The number of amides is 1. The smallest absolute Gasteiger partial charge is 0.263 e. The van der Waals surface area contributed by atoms with Crippen molar-refractivity contribution in [2.24, 2.45) is 4.99 Å². The van der Waals surface area contributed by atoms with Crippen molar-refractivity contribution in [3.8, 4) is 0 Å². The summed E-state index contributed by atoms with van der Waals surface area (Å²) in [5, 5.41) is 9.51. The van der Waals surface area contributed by atoms with Gasteiger partial charge in [-0.3, -0.25) is 14.7 Å². The lowest BCUT2D eigenvalue weighted by Gasteiger charge is -2.40. The number of aromatic nitrogens is 1. The second-order valence-electron chi connectivity index (χ2n) is 7.50. The van der Waals surface area contributed by atoms with Crippen LogP contribution in [-0.4, -0.2) is 66.6 Å². The number of nitrogens with one attached hydrogen (secondary N) is 3. The Morgan fingerprint density at radius 3 is 2.56 bits per heavy atom. The first-order valence-electron chi connectivity index (χ1n) is 9.89. The molecule has 0 aromatic carbocycles. The zero-order chi connectivity index (χ0) is 19.7. The number of hydrogen-bond acceptors (Lipinski definition) is 5. The van der Waals surface area contributed by atoms with Crippen LogP contribution in [0.3, 0.4) is 0 Å². The molecule has 0 spiro atoms. The molecule has 0 radical (unpaired) electrons. The summed E-state index contributed by atoms with van der Waals surface area (Å²) in [4.78, 5) is 24.2. The normalized spacial score (nSPS) is 16.2. The molecule has 1 aromatic rings. The predicted octanol–water partition coefficient (Wildman–Crippen LogP) is 2.00. The summed E-state index contributed by atoms with van der Waals surface area (Å²) in [5.41, 5.74) is 2.53. The van der Waals surface area contributed by atoms with Gasteiger partial charge in [0.2, 0.25) is 0 Å². The van der Waals surface area contributed by atoms with Crippen molar-refractivity contribution >= 4 is 23.2 Å². The van der Waals surface area contributed by atoms with Crippen LogP contribution in [0.2, 0.25) is 0 Å². The van der Waals surface area contributed by atoms with Gasteiger partial charge in [0.1, 0.15) is 4.88 Å². The molecule has 1 aliphatic rings.